The molecule has 1 aliphatic rings. The maximum absolute atomic E-state index is 10.8. The van der Waals surface area contributed by atoms with E-state index in [1.165, 1.54) is 29.0 Å². The fourth-order valence-electron chi connectivity index (χ4n) is 0.750. The first-order valence-corrected chi connectivity index (χ1v) is 4.01. The summed E-state index contributed by atoms with van der Waals surface area (Å²) >= 11 is 1.31. The molecule has 0 aliphatic carbocycles. The molecular formula is C6H7NO3S. The molecule has 0 aromatic carbocycles. The van der Waals surface area contributed by atoms with Crippen LogP contribution in [0, 0.1) is 0 Å². The maximum Gasteiger partial charge on any atom is 0.353 e. The van der Waals surface area contributed by atoms with Crippen LogP contribution < -0.4 is 0 Å². The Morgan fingerprint density at radius 2 is 2.36 bits per heavy atom. The zero-order chi connectivity index (χ0) is 8.43. The van der Waals surface area contributed by atoms with Gasteiger partial charge in [-0.25, -0.2) is 4.79 Å². The molecule has 1 N–H and O–H groups in total. The molecule has 1 rings (SSSR count). The minimum Gasteiger partial charge on any atom is -0.477 e. The van der Waals surface area contributed by atoms with Gasteiger partial charge in [-0.1, -0.05) is 0 Å². The monoisotopic (exact) mass is 173 g/mol. The number of carboxylic acid groups (broad SMARTS) is 1. The quantitative estimate of drug-likeness (QED) is 0.626. The Morgan fingerprint density at radius 3 is 2.73 bits per heavy atom. The molecule has 0 saturated carbocycles. The second-order valence-corrected chi connectivity index (χ2v) is 2.88. The summed E-state index contributed by atoms with van der Waals surface area (Å²) in [6.45, 7) is 1.35. The third-order valence-corrected chi connectivity index (χ3v) is 2.09. The molecule has 0 aromatic rings. The van der Waals surface area contributed by atoms with Crippen LogP contribution >= 0.6 is 11.8 Å². The molecular weight excluding hydrogens is 166 g/mol. The smallest absolute Gasteiger partial charge is 0.353 e. The van der Waals surface area contributed by atoms with Gasteiger partial charge in [0, 0.05) is 12.3 Å². The number of carbonyl (C=O) groups excluding carboxylic acids is 1. The molecule has 0 spiro atoms. The van der Waals surface area contributed by atoms with Gasteiger partial charge in [0.2, 0.25) is 5.91 Å². The lowest BCUT2D eigenvalue weighted by atomic mass is 10.4. The predicted octanol–water partition coefficient (Wildman–Crippen LogP) is 0.465. The Morgan fingerprint density at radius 1 is 1.73 bits per heavy atom. The highest BCUT2D eigenvalue weighted by Gasteiger charge is 2.24. The normalized spacial score (nSPS) is 16.5. The van der Waals surface area contributed by atoms with E-state index in [-0.39, 0.29) is 11.6 Å². The fraction of sp³-hybridized carbons (Fsp3) is 0.333. The molecule has 0 radical (unpaired) electrons. The average molecular weight is 173 g/mol. The Kier molecular flexibility index (Phi) is 2.19. The second-order valence-electron chi connectivity index (χ2n) is 2.05. The number of amides is 1. The van der Waals surface area contributed by atoms with Gasteiger partial charge in [-0.2, -0.15) is 0 Å². The number of aliphatic carboxylic acids is 1. The lowest BCUT2D eigenvalue weighted by Crippen LogP contribution is -2.28. The van der Waals surface area contributed by atoms with E-state index in [1.807, 2.05) is 0 Å². The summed E-state index contributed by atoms with van der Waals surface area (Å²) in [5.74, 6) is -0.870. The van der Waals surface area contributed by atoms with Gasteiger partial charge in [0.1, 0.15) is 5.70 Å². The van der Waals surface area contributed by atoms with Crippen molar-refractivity contribution in [1.82, 2.24) is 4.90 Å². The van der Waals surface area contributed by atoms with Crippen molar-refractivity contribution in [2.45, 2.75) is 6.92 Å². The Labute approximate surface area is 67.9 Å². The first kappa shape index (κ1) is 8.13. The van der Waals surface area contributed by atoms with Crippen LogP contribution in [0.5, 0.6) is 0 Å². The zero-order valence-electron chi connectivity index (χ0n) is 5.90. The fourth-order valence-corrected chi connectivity index (χ4v) is 1.68. The van der Waals surface area contributed by atoms with Crippen LogP contribution in [-0.2, 0) is 9.59 Å². The van der Waals surface area contributed by atoms with Crippen molar-refractivity contribution < 1.29 is 14.7 Å². The summed E-state index contributed by atoms with van der Waals surface area (Å²) in [5.41, 5.74) is 0.0718. The lowest BCUT2D eigenvalue weighted by Gasteiger charge is -2.13. The standard InChI is InChI=1S/C6H7NO3S/c1-4(8)7-3-11-2-5(7)6(9)10/h2H,3H2,1H3,(H,9,10). The lowest BCUT2D eigenvalue weighted by molar-refractivity contribution is -0.138. The zero-order valence-corrected chi connectivity index (χ0v) is 6.72. The molecule has 1 heterocycles. The summed E-state index contributed by atoms with van der Waals surface area (Å²) in [6, 6.07) is 0. The van der Waals surface area contributed by atoms with Crippen molar-refractivity contribution in [3.05, 3.63) is 11.1 Å². The summed E-state index contributed by atoms with van der Waals surface area (Å²) < 4.78 is 0. The molecule has 0 saturated heterocycles. The van der Waals surface area contributed by atoms with E-state index in [9.17, 15) is 9.59 Å². The molecule has 1 aliphatic heterocycles. The van der Waals surface area contributed by atoms with E-state index in [2.05, 4.69) is 0 Å². The molecule has 0 fully saturated rings. The van der Waals surface area contributed by atoms with Gasteiger partial charge >= 0.3 is 5.97 Å². The molecule has 11 heavy (non-hydrogen) atoms. The molecule has 0 unspecified atom stereocenters. The van der Waals surface area contributed by atoms with Crippen molar-refractivity contribution in [1.29, 1.82) is 0 Å². The summed E-state index contributed by atoms with van der Waals surface area (Å²) in [7, 11) is 0. The molecule has 0 atom stereocenters. The minimum absolute atomic E-state index is 0.0718. The first-order valence-electron chi connectivity index (χ1n) is 2.96. The van der Waals surface area contributed by atoms with Crippen molar-refractivity contribution in [2.24, 2.45) is 0 Å². The van der Waals surface area contributed by atoms with Gasteiger partial charge in [0.15, 0.2) is 0 Å². The van der Waals surface area contributed by atoms with Gasteiger partial charge in [0.25, 0.3) is 0 Å². The van der Waals surface area contributed by atoms with Crippen LogP contribution in [0.15, 0.2) is 11.1 Å². The SMILES string of the molecule is CC(=O)N1CSC=C1C(=O)O. The highest BCUT2D eigenvalue weighted by molar-refractivity contribution is 8.02. The van der Waals surface area contributed by atoms with Crippen LogP contribution in [0.2, 0.25) is 0 Å². The summed E-state index contributed by atoms with van der Waals surface area (Å²) in [4.78, 5) is 22.4. The molecule has 4 nitrogen and oxygen atoms in total. The maximum atomic E-state index is 10.8. The third kappa shape index (κ3) is 1.54. The van der Waals surface area contributed by atoms with E-state index in [4.69, 9.17) is 5.11 Å². The molecule has 0 bridgehead atoms. The van der Waals surface area contributed by atoms with Gasteiger partial charge < -0.3 is 5.11 Å². The van der Waals surface area contributed by atoms with Crippen LogP contribution in [0.25, 0.3) is 0 Å². The Hall–Kier alpha value is -0.970. The molecule has 0 aromatic heterocycles. The Balaban J connectivity index is 2.79. The van der Waals surface area contributed by atoms with Gasteiger partial charge in [-0.3, -0.25) is 9.69 Å². The van der Waals surface area contributed by atoms with Crippen LogP contribution in [0.4, 0.5) is 0 Å². The van der Waals surface area contributed by atoms with Crippen molar-refractivity contribution >= 4 is 23.6 Å². The van der Waals surface area contributed by atoms with E-state index in [0.29, 0.717) is 5.88 Å². The van der Waals surface area contributed by atoms with E-state index in [1.54, 1.807) is 0 Å². The average Bonchev–Trinajstić information content (AvgIpc) is 2.32. The van der Waals surface area contributed by atoms with Crippen molar-refractivity contribution in [3.8, 4) is 0 Å². The first-order chi connectivity index (χ1) is 5.13. The number of thioether (sulfide) groups is 1. The third-order valence-electron chi connectivity index (χ3n) is 1.29. The van der Waals surface area contributed by atoms with E-state index >= 15 is 0 Å². The van der Waals surface area contributed by atoms with Crippen LogP contribution in [0.1, 0.15) is 6.92 Å². The number of hydrogen-bond donors (Lipinski definition) is 1. The van der Waals surface area contributed by atoms with Gasteiger partial charge in [0.05, 0.1) is 5.88 Å². The number of carboxylic acids is 1. The van der Waals surface area contributed by atoms with Crippen LogP contribution in [0.3, 0.4) is 0 Å². The largest absolute Gasteiger partial charge is 0.477 e. The number of rotatable bonds is 1. The van der Waals surface area contributed by atoms with Crippen molar-refractivity contribution in [2.75, 3.05) is 5.88 Å². The second kappa shape index (κ2) is 2.96. The van der Waals surface area contributed by atoms with Crippen molar-refractivity contribution in [3.63, 3.8) is 0 Å². The Bertz CT molecular complexity index is 236. The molecule has 1 amide bonds. The minimum atomic E-state index is -1.05. The summed E-state index contributed by atoms with van der Waals surface area (Å²) in [6.07, 6.45) is 0. The van der Waals surface area contributed by atoms with E-state index < -0.39 is 5.97 Å². The topological polar surface area (TPSA) is 57.6 Å². The summed E-state index contributed by atoms with van der Waals surface area (Å²) in [5, 5.41) is 10.0. The molecule has 5 heteroatoms. The number of nitrogens with zero attached hydrogens (tertiary/aromatic N) is 1. The van der Waals surface area contributed by atoms with Crippen LogP contribution in [-0.4, -0.2) is 27.8 Å². The predicted molar refractivity (Wildman–Crippen MR) is 40.7 cm³/mol. The highest BCUT2D eigenvalue weighted by atomic mass is 32.2. The van der Waals surface area contributed by atoms with E-state index in [0.717, 1.165) is 0 Å². The van der Waals surface area contributed by atoms with Gasteiger partial charge in [-0.05, 0) is 0 Å². The number of hydrogen-bond acceptors (Lipinski definition) is 3. The number of carbonyl (C=O) groups is 2. The highest BCUT2D eigenvalue weighted by Crippen LogP contribution is 2.22. The van der Waals surface area contributed by atoms with Gasteiger partial charge in [-0.15, -0.1) is 11.8 Å². The molecule has 60 valence electrons.